The van der Waals surface area contributed by atoms with Crippen molar-refractivity contribution in [2.24, 2.45) is 0 Å². The molecule has 0 saturated heterocycles. The number of carbonyl (C=O) groups excluding carboxylic acids is 1. The molecule has 2 rings (SSSR count). The summed E-state index contributed by atoms with van der Waals surface area (Å²) in [4.78, 5) is 12.1. The van der Waals surface area contributed by atoms with Gasteiger partial charge in [-0.3, -0.25) is 4.79 Å². The molecule has 0 heterocycles. The summed E-state index contributed by atoms with van der Waals surface area (Å²) in [7, 11) is 0. The van der Waals surface area contributed by atoms with Crippen LogP contribution in [-0.2, 0) is 11.2 Å². The molecule has 0 spiro atoms. The van der Waals surface area contributed by atoms with Crippen molar-refractivity contribution in [2.45, 2.75) is 6.42 Å². The monoisotopic (exact) mass is 370 g/mol. The highest BCUT2D eigenvalue weighted by atomic mass is 79.9. The fourth-order valence-corrected chi connectivity index (χ4v) is 2.38. The van der Waals surface area contributed by atoms with Gasteiger partial charge >= 0.3 is 0 Å². The van der Waals surface area contributed by atoms with Gasteiger partial charge < -0.3 is 10.4 Å². The fraction of sp³-hybridized carbons (Fsp3) is 0.111. The van der Waals surface area contributed by atoms with E-state index in [1.54, 1.807) is 12.1 Å². The molecule has 0 atom stereocenters. The number of nitriles is 1. The van der Waals surface area contributed by atoms with Crippen LogP contribution in [0.3, 0.4) is 0 Å². The lowest BCUT2D eigenvalue weighted by molar-refractivity contribution is -0.117. The van der Waals surface area contributed by atoms with Gasteiger partial charge in [0, 0.05) is 6.54 Å². The Morgan fingerprint density at radius 1 is 1.26 bits per heavy atom. The molecule has 0 aliphatic rings. The Bertz CT molecular complexity index is 764. The van der Waals surface area contributed by atoms with Crippen LogP contribution < -0.4 is 5.32 Å². The number of aromatic hydroxyl groups is 1. The van der Waals surface area contributed by atoms with Gasteiger partial charge in [0.25, 0.3) is 5.91 Å². The van der Waals surface area contributed by atoms with Crippen LogP contribution in [0, 0.1) is 11.3 Å². The zero-order valence-corrected chi connectivity index (χ0v) is 13.9. The molecule has 5 heteroatoms. The second-order valence-electron chi connectivity index (χ2n) is 4.87. The number of nitrogens with one attached hydrogen (secondary N) is 1. The summed E-state index contributed by atoms with van der Waals surface area (Å²) in [5, 5.41) is 21.4. The second kappa shape index (κ2) is 8.16. The Balaban J connectivity index is 1.99. The first-order chi connectivity index (χ1) is 11.1. The summed E-state index contributed by atoms with van der Waals surface area (Å²) in [6, 6.07) is 16.5. The van der Waals surface area contributed by atoms with Gasteiger partial charge in [0.2, 0.25) is 0 Å². The van der Waals surface area contributed by atoms with Gasteiger partial charge in [-0.25, -0.2) is 0 Å². The Morgan fingerprint density at radius 2 is 2.00 bits per heavy atom. The quantitative estimate of drug-likeness (QED) is 0.625. The first-order valence-electron chi connectivity index (χ1n) is 7.02. The molecule has 2 aromatic rings. The van der Waals surface area contributed by atoms with Gasteiger partial charge in [0.1, 0.15) is 17.4 Å². The number of hydrogen-bond donors (Lipinski definition) is 2. The number of nitrogens with zero attached hydrogens (tertiary/aromatic N) is 1. The summed E-state index contributed by atoms with van der Waals surface area (Å²) in [6.07, 6.45) is 2.19. The highest BCUT2D eigenvalue weighted by Crippen LogP contribution is 2.25. The van der Waals surface area contributed by atoms with Crippen molar-refractivity contribution in [3.63, 3.8) is 0 Å². The van der Waals surface area contributed by atoms with Gasteiger partial charge in [0.15, 0.2) is 0 Å². The molecule has 0 aliphatic carbocycles. The van der Waals surface area contributed by atoms with Gasteiger partial charge in [-0.2, -0.15) is 5.26 Å². The van der Waals surface area contributed by atoms with Crippen molar-refractivity contribution in [1.82, 2.24) is 5.32 Å². The van der Waals surface area contributed by atoms with Crippen LogP contribution in [0.1, 0.15) is 11.1 Å². The van der Waals surface area contributed by atoms with Crippen LogP contribution in [0.15, 0.2) is 58.6 Å². The molecule has 0 aromatic heterocycles. The summed E-state index contributed by atoms with van der Waals surface area (Å²) < 4.78 is 0.507. The Morgan fingerprint density at radius 3 is 2.65 bits per heavy atom. The Hall–Kier alpha value is -2.58. The molecule has 1 amide bonds. The molecule has 0 radical (unpaired) electrons. The molecule has 0 aliphatic heterocycles. The average Bonchev–Trinajstić information content (AvgIpc) is 2.56. The number of phenolic OH excluding ortho intramolecular Hbond substituents is 1. The van der Waals surface area contributed by atoms with E-state index in [0.29, 0.717) is 23.0 Å². The van der Waals surface area contributed by atoms with Crippen molar-refractivity contribution in [3.8, 4) is 11.8 Å². The van der Waals surface area contributed by atoms with E-state index in [1.807, 2.05) is 36.4 Å². The summed E-state index contributed by atoms with van der Waals surface area (Å²) in [5.74, 6) is -0.305. The maximum absolute atomic E-state index is 12.1. The third kappa shape index (κ3) is 4.97. The molecule has 0 saturated carbocycles. The highest BCUT2D eigenvalue weighted by molar-refractivity contribution is 9.10. The van der Waals surface area contributed by atoms with E-state index in [1.165, 1.54) is 12.1 Å². The van der Waals surface area contributed by atoms with Crippen molar-refractivity contribution in [2.75, 3.05) is 6.54 Å². The van der Waals surface area contributed by atoms with Crippen molar-refractivity contribution >= 4 is 27.9 Å². The number of benzene rings is 2. The summed E-state index contributed by atoms with van der Waals surface area (Å²) >= 11 is 3.20. The molecular weight excluding hydrogens is 356 g/mol. The van der Waals surface area contributed by atoms with Gasteiger partial charge in [-0.05, 0) is 51.7 Å². The maximum atomic E-state index is 12.1. The topological polar surface area (TPSA) is 73.1 Å². The molecule has 2 aromatic carbocycles. The smallest absolute Gasteiger partial charge is 0.261 e. The van der Waals surface area contributed by atoms with E-state index >= 15 is 0 Å². The number of carbonyl (C=O) groups is 1. The number of hydrogen-bond acceptors (Lipinski definition) is 3. The fourth-order valence-electron chi connectivity index (χ4n) is 1.99. The lowest BCUT2D eigenvalue weighted by Gasteiger charge is -2.05. The standard InChI is InChI=1S/C18H15BrN2O2/c19-16-11-14(6-7-17(16)22)10-15(12-20)18(23)21-9-8-13-4-2-1-3-5-13/h1-7,10-11,22H,8-9H2,(H,21,23). The normalized spacial score (nSPS) is 10.9. The highest BCUT2D eigenvalue weighted by Gasteiger charge is 2.09. The molecule has 0 bridgehead atoms. The van der Waals surface area contributed by atoms with Crippen LogP contribution in [0.5, 0.6) is 5.75 Å². The zero-order valence-electron chi connectivity index (χ0n) is 12.3. The van der Waals surface area contributed by atoms with Crippen LogP contribution in [0.4, 0.5) is 0 Å². The minimum absolute atomic E-state index is 0.0238. The van der Waals surface area contributed by atoms with Crippen LogP contribution in [-0.4, -0.2) is 17.6 Å². The Kier molecular flexibility index (Phi) is 5.95. The van der Waals surface area contributed by atoms with E-state index < -0.39 is 5.91 Å². The minimum atomic E-state index is -0.410. The minimum Gasteiger partial charge on any atom is -0.507 e. The van der Waals surface area contributed by atoms with Crippen molar-refractivity contribution in [1.29, 1.82) is 5.26 Å². The number of amides is 1. The van der Waals surface area contributed by atoms with Gasteiger partial charge in [-0.1, -0.05) is 36.4 Å². The largest absolute Gasteiger partial charge is 0.507 e. The van der Waals surface area contributed by atoms with Crippen LogP contribution in [0.2, 0.25) is 0 Å². The number of halogens is 1. The van der Waals surface area contributed by atoms with Crippen molar-refractivity contribution < 1.29 is 9.90 Å². The molecule has 2 N–H and O–H groups in total. The SMILES string of the molecule is N#CC(=Cc1ccc(O)c(Br)c1)C(=O)NCCc1ccccc1. The molecule has 23 heavy (non-hydrogen) atoms. The predicted molar refractivity (Wildman–Crippen MR) is 92.6 cm³/mol. The third-order valence-electron chi connectivity index (χ3n) is 3.19. The van der Waals surface area contributed by atoms with E-state index in [2.05, 4.69) is 21.2 Å². The van der Waals surface area contributed by atoms with E-state index in [9.17, 15) is 9.90 Å². The van der Waals surface area contributed by atoms with E-state index in [0.717, 1.165) is 5.56 Å². The molecule has 4 nitrogen and oxygen atoms in total. The Labute approximate surface area is 143 Å². The second-order valence-corrected chi connectivity index (χ2v) is 5.73. The van der Waals surface area contributed by atoms with E-state index in [-0.39, 0.29) is 11.3 Å². The lowest BCUT2D eigenvalue weighted by Crippen LogP contribution is -2.26. The van der Waals surface area contributed by atoms with Crippen LogP contribution >= 0.6 is 15.9 Å². The predicted octanol–water partition coefficient (Wildman–Crippen LogP) is 3.42. The first kappa shape index (κ1) is 16.8. The van der Waals surface area contributed by atoms with Gasteiger partial charge in [-0.15, -0.1) is 0 Å². The number of phenols is 1. The molecule has 116 valence electrons. The van der Waals surface area contributed by atoms with Crippen LogP contribution in [0.25, 0.3) is 6.08 Å². The molecule has 0 fully saturated rings. The zero-order chi connectivity index (χ0) is 16.7. The average molecular weight is 371 g/mol. The van der Waals surface area contributed by atoms with Crippen molar-refractivity contribution in [3.05, 3.63) is 69.7 Å². The third-order valence-corrected chi connectivity index (χ3v) is 3.83. The summed E-state index contributed by atoms with van der Waals surface area (Å²) in [5.41, 5.74) is 1.80. The summed E-state index contributed by atoms with van der Waals surface area (Å²) in [6.45, 7) is 0.459. The maximum Gasteiger partial charge on any atom is 0.261 e. The van der Waals surface area contributed by atoms with E-state index in [4.69, 9.17) is 5.26 Å². The first-order valence-corrected chi connectivity index (χ1v) is 7.82. The number of rotatable bonds is 5. The van der Waals surface area contributed by atoms with Gasteiger partial charge in [0.05, 0.1) is 4.47 Å². The lowest BCUT2D eigenvalue weighted by atomic mass is 10.1. The molecular formula is C18H15BrN2O2. The molecule has 0 unspecified atom stereocenters.